The van der Waals surface area contributed by atoms with Gasteiger partial charge in [0.15, 0.2) is 0 Å². The van der Waals surface area contributed by atoms with Gasteiger partial charge in [0, 0.05) is 38.6 Å². The molecule has 0 radical (unpaired) electrons. The number of rotatable bonds is 5. The van der Waals surface area contributed by atoms with Gasteiger partial charge in [-0.1, -0.05) is 103 Å². The highest BCUT2D eigenvalue weighted by atomic mass is 19.1. The minimum absolute atomic E-state index is 0.266. The van der Waals surface area contributed by atoms with Crippen LogP contribution in [0.2, 0.25) is 0 Å². The standard InChI is InChI=1S/C42H28FN3/c43-29-14-11-19-32(28-29)46-38-25-10-8-21-34(38)36-23-13-27-40(42(36)46)44(30-15-3-1-4-16-30)39-26-12-22-35-33-20-7-9-24-37(33)45(41(35)39)31-17-5-2-6-18-31/h1-28H. The van der Waals surface area contributed by atoms with Crippen LogP contribution in [0.5, 0.6) is 0 Å². The van der Waals surface area contributed by atoms with Crippen molar-refractivity contribution in [3.63, 3.8) is 0 Å². The van der Waals surface area contributed by atoms with Crippen molar-refractivity contribution in [3.05, 3.63) is 176 Å². The highest BCUT2D eigenvalue weighted by Crippen LogP contribution is 2.47. The van der Waals surface area contributed by atoms with E-state index in [-0.39, 0.29) is 5.82 Å². The predicted molar refractivity (Wildman–Crippen MR) is 190 cm³/mol. The lowest BCUT2D eigenvalue weighted by Gasteiger charge is -2.28. The largest absolute Gasteiger partial charge is 0.307 e. The lowest BCUT2D eigenvalue weighted by atomic mass is 10.1. The zero-order chi connectivity index (χ0) is 30.6. The zero-order valence-electron chi connectivity index (χ0n) is 24.9. The number of para-hydroxylation sites is 6. The number of aromatic nitrogens is 2. The van der Waals surface area contributed by atoms with Gasteiger partial charge in [-0.05, 0) is 66.7 Å². The highest BCUT2D eigenvalue weighted by molar-refractivity contribution is 6.17. The maximum absolute atomic E-state index is 14.8. The first-order valence-electron chi connectivity index (χ1n) is 15.5. The summed E-state index contributed by atoms with van der Waals surface area (Å²) < 4.78 is 19.4. The molecular weight excluding hydrogens is 565 g/mol. The fourth-order valence-electron chi connectivity index (χ4n) is 7.08. The first kappa shape index (κ1) is 26.3. The van der Waals surface area contributed by atoms with Crippen LogP contribution < -0.4 is 4.90 Å². The lowest BCUT2D eigenvalue weighted by Crippen LogP contribution is -2.13. The van der Waals surface area contributed by atoms with Crippen LogP contribution in [0, 0.1) is 5.82 Å². The van der Waals surface area contributed by atoms with Crippen LogP contribution in [-0.2, 0) is 0 Å². The molecule has 2 heterocycles. The summed E-state index contributed by atoms with van der Waals surface area (Å²) in [4.78, 5) is 2.36. The maximum Gasteiger partial charge on any atom is 0.125 e. The second kappa shape index (κ2) is 10.5. The number of hydrogen-bond acceptors (Lipinski definition) is 1. The van der Waals surface area contributed by atoms with Crippen LogP contribution >= 0.6 is 0 Å². The number of benzene rings is 7. The fourth-order valence-corrected chi connectivity index (χ4v) is 7.08. The molecule has 7 aromatic carbocycles. The van der Waals surface area contributed by atoms with Crippen molar-refractivity contribution < 1.29 is 4.39 Å². The number of halogens is 1. The van der Waals surface area contributed by atoms with Crippen LogP contribution in [-0.4, -0.2) is 9.13 Å². The van der Waals surface area contributed by atoms with Gasteiger partial charge >= 0.3 is 0 Å². The molecule has 0 unspecified atom stereocenters. The van der Waals surface area contributed by atoms with Gasteiger partial charge in [0.2, 0.25) is 0 Å². The van der Waals surface area contributed by atoms with Crippen molar-refractivity contribution in [2.24, 2.45) is 0 Å². The van der Waals surface area contributed by atoms with E-state index >= 15 is 0 Å². The zero-order valence-corrected chi connectivity index (χ0v) is 24.9. The Labute approximate surface area is 265 Å². The molecule has 0 atom stereocenters. The van der Waals surface area contributed by atoms with Crippen molar-refractivity contribution in [2.45, 2.75) is 0 Å². The Balaban J connectivity index is 1.45. The maximum atomic E-state index is 14.8. The summed E-state index contributed by atoms with van der Waals surface area (Å²) >= 11 is 0. The van der Waals surface area contributed by atoms with Crippen LogP contribution in [0.1, 0.15) is 0 Å². The average Bonchev–Trinajstić information content (AvgIpc) is 3.64. The minimum Gasteiger partial charge on any atom is -0.307 e. The summed E-state index contributed by atoms with van der Waals surface area (Å²) in [5.74, 6) is -0.266. The molecule has 0 fully saturated rings. The van der Waals surface area contributed by atoms with Gasteiger partial charge in [-0.25, -0.2) is 4.39 Å². The van der Waals surface area contributed by atoms with Crippen molar-refractivity contribution in [1.82, 2.24) is 9.13 Å². The summed E-state index contributed by atoms with van der Waals surface area (Å²) in [7, 11) is 0. The molecule has 4 heteroatoms. The summed E-state index contributed by atoms with van der Waals surface area (Å²) in [6, 6.07) is 58.0. The third-order valence-corrected chi connectivity index (χ3v) is 8.92. The van der Waals surface area contributed by atoms with Crippen LogP contribution in [0.4, 0.5) is 21.5 Å². The molecule has 46 heavy (non-hydrogen) atoms. The highest BCUT2D eigenvalue weighted by Gasteiger charge is 2.25. The van der Waals surface area contributed by atoms with E-state index in [0.717, 1.165) is 61.3 Å². The first-order chi connectivity index (χ1) is 22.8. The Kier molecular flexibility index (Phi) is 6.00. The predicted octanol–water partition coefficient (Wildman–Crippen LogP) is 11.5. The van der Waals surface area contributed by atoms with Crippen LogP contribution in [0.3, 0.4) is 0 Å². The topological polar surface area (TPSA) is 13.1 Å². The molecule has 9 aromatic rings. The fraction of sp³-hybridized carbons (Fsp3) is 0. The number of nitrogens with zero attached hydrogens (tertiary/aromatic N) is 3. The van der Waals surface area contributed by atoms with Gasteiger partial charge in [0.25, 0.3) is 0 Å². The molecule has 218 valence electrons. The van der Waals surface area contributed by atoms with Crippen molar-refractivity contribution >= 4 is 60.7 Å². The van der Waals surface area contributed by atoms with Gasteiger partial charge in [0.05, 0.1) is 33.4 Å². The SMILES string of the molecule is Fc1cccc(-n2c3ccccc3c3cccc(N(c4ccccc4)c4cccc5c6ccccc6n(-c6ccccc6)c45)c32)c1. The molecule has 0 amide bonds. The number of hydrogen-bond donors (Lipinski definition) is 0. The molecule has 3 nitrogen and oxygen atoms in total. The monoisotopic (exact) mass is 593 g/mol. The lowest BCUT2D eigenvalue weighted by molar-refractivity contribution is 0.627. The molecule has 0 saturated heterocycles. The van der Waals surface area contributed by atoms with E-state index in [1.54, 1.807) is 12.1 Å². The second-order valence-electron chi connectivity index (χ2n) is 11.5. The molecule has 9 rings (SSSR count). The van der Waals surface area contributed by atoms with E-state index < -0.39 is 0 Å². The smallest absolute Gasteiger partial charge is 0.125 e. The second-order valence-corrected chi connectivity index (χ2v) is 11.5. The molecular formula is C42H28FN3. The molecule has 0 aliphatic rings. The Morgan fingerprint density at radius 2 is 0.848 bits per heavy atom. The van der Waals surface area contributed by atoms with Crippen LogP contribution in [0.15, 0.2) is 170 Å². The van der Waals surface area contributed by atoms with E-state index in [1.165, 1.54) is 16.8 Å². The average molecular weight is 594 g/mol. The molecule has 0 bridgehead atoms. The van der Waals surface area contributed by atoms with Gasteiger partial charge in [-0.15, -0.1) is 0 Å². The molecule has 0 saturated carbocycles. The Hall–Kier alpha value is -6.13. The van der Waals surface area contributed by atoms with E-state index in [9.17, 15) is 4.39 Å². The molecule has 2 aromatic heterocycles. The number of fused-ring (bicyclic) bond motifs is 6. The molecule has 0 N–H and O–H groups in total. The first-order valence-corrected chi connectivity index (χ1v) is 15.5. The van der Waals surface area contributed by atoms with Gasteiger partial charge in [-0.3, -0.25) is 0 Å². The summed E-state index contributed by atoms with van der Waals surface area (Å²) in [5, 5.41) is 4.60. The van der Waals surface area contributed by atoms with Gasteiger partial charge in [0.1, 0.15) is 5.82 Å². The van der Waals surface area contributed by atoms with Gasteiger partial charge in [-0.2, -0.15) is 0 Å². The Bertz CT molecular complexity index is 2540. The Morgan fingerprint density at radius 3 is 1.43 bits per heavy atom. The Morgan fingerprint density at radius 1 is 0.391 bits per heavy atom. The molecule has 0 spiro atoms. The van der Waals surface area contributed by atoms with Gasteiger partial charge < -0.3 is 14.0 Å². The summed E-state index contributed by atoms with van der Waals surface area (Å²) in [6.45, 7) is 0. The van der Waals surface area contributed by atoms with Crippen molar-refractivity contribution in [2.75, 3.05) is 4.90 Å². The third-order valence-electron chi connectivity index (χ3n) is 8.92. The summed E-state index contributed by atoms with van der Waals surface area (Å²) in [6.07, 6.45) is 0. The number of anilines is 3. The van der Waals surface area contributed by atoms with E-state index in [0.29, 0.717) is 0 Å². The third kappa shape index (κ3) is 3.97. The van der Waals surface area contributed by atoms with Crippen molar-refractivity contribution in [1.29, 1.82) is 0 Å². The van der Waals surface area contributed by atoms with E-state index in [2.05, 4.69) is 147 Å². The van der Waals surface area contributed by atoms with Crippen molar-refractivity contribution in [3.8, 4) is 11.4 Å². The van der Waals surface area contributed by atoms with E-state index in [1.807, 2.05) is 18.2 Å². The quantitative estimate of drug-likeness (QED) is 0.193. The normalized spacial score (nSPS) is 11.6. The van der Waals surface area contributed by atoms with E-state index in [4.69, 9.17) is 0 Å². The minimum atomic E-state index is -0.266. The molecule has 0 aliphatic carbocycles. The summed E-state index contributed by atoms with van der Waals surface area (Å²) in [5.41, 5.74) is 9.26. The van der Waals surface area contributed by atoms with Crippen LogP contribution in [0.25, 0.3) is 55.0 Å². The molecule has 0 aliphatic heterocycles.